The molecule has 4 heteroatoms. The lowest BCUT2D eigenvalue weighted by molar-refractivity contribution is 0.0674. The summed E-state index contributed by atoms with van der Waals surface area (Å²) in [7, 11) is 1.93. The largest absolute Gasteiger partial charge is 0.462 e. The molecule has 0 aliphatic heterocycles. The van der Waals surface area contributed by atoms with Crippen LogP contribution in [0.3, 0.4) is 0 Å². The van der Waals surface area contributed by atoms with Crippen molar-refractivity contribution in [2.75, 3.05) is 13.7 Å². The molecule has 2 N–H and O–H groups in total. The molecule has 0 saturated carbocycles. The van der Waals surface area contributed by atoms with Gasteiger partial charge in [0.1, 0.15) is 18.1 Å². The highest BCUT2D eigenvalue weighted by Gasteiger charge is 2.23. The molecule has 1 aromatic rings. The Morgan fingerprint density at radius 2 is 1.87 bits per heavy atom. The highest BCUT2D eigenvalue weighted by atomic mass is 16.4. The van der Waals surface area contributed by atoms with Crippen LogP contribution in [0.1, 0.15) is 25.4 Å². The second-order valence-corrected chi connectivity index (χ2v) is 4.35. The van der Waals surface area contributed by atoms with E-state index in [4.69, 9.17) is 9.52 Å². The summed E-state index contributed by atoms with van der Waals surface area (Å²) in [5.74, 6) is 1.36. The molecule has 0 radical (unpaired) electrons. The van der Waals surface area contributed by atoms with Gasteiger partial charge in [0, 0.05) is 5.54 Å². The van der Waals surface area contributed by atoms with E-state index in [0.717, 1.165) is 5.76 Å². The van der Waals surface area contributed by atoms with Crippen molar-refractivity contribution in [1.29, 1.82) is 0 Å². The van der Waals surface area contributed by atoms with Crippen LogP contribution in [0.15, 0.2) is 16.5 Å². The monoisotopic (exact) mass is 213 g/mol. The van der Waals surface area contributed by atoms with Crippen molar-refractivity contribution in [2.24, 2.45) is 0 Å². The van der Waals surface area contributed by atoms with Gasteiger partial charge in [0.2, 0.25) is 0 Å². The van der Waals surface area contributed by atoms with Gasteiger partial charge in [-0.3, -0.25) is 4.90 Å². The molecule has 4 nitrogen and oxygen atoms in total. The standard InChI is InChI=1S/C11H19NO3/c1-11(2,8-14)12(3)6-9-4-5-10(7-13)15-9/h4-5,13-14H,6-8H2,1-3H3. The van der Waals surface area contributed by atoms with Crippen LogP contribution in [0.25, 0.3) is 0 Å². The molecule has 0 unspecified atom stereocenters. The van der Waals surface area contributed by atoms with Crippen molar-refractivity contribution in [3.05, 3.63) is 23.7 Å². The van der Waals surface area contributed by atoms with Crippen molar-refractivity contribution in [1.82, 2.24) is 4.90 Å². The molecule has 0 spiro atoms. The van der Waals surface area contributed by atoms with Gasteiger partial charge in [0.15, 0.2) is 0 Å². The molecule has 0 aliphatic rings. The van der Waals surface area contributed by atoms with Crippen molar-refractivity contribution >= 4 is 0 Å². The van der Waals surface area contributed by atoms with Crippen molar-refractivity contribution in [2.45, 2.75) is 32.5 Å². The molecular formula is C11H19NO3. The van der Waals surface area contributed by atoms with Crippen LogP contribution in [-0.2, 0) is 13.2 Å². The lowest BCUT2D eigenvalue weighted by Crippen LogP contribution is -2.43. The fourth-order valence-corrected chi connectivity index (χ4v) is 1.16. The Labute approximate surface area is 90.1 Å². The zero-order chi connectivity index (χ0) is 11.5. The molecule has 15 heavy (non-hydrogen) atoms. The van der Waals surface area contributed by atoms with Gasteiger partial charge < -0.3 is 14.6 Å². The number of aliphatic hydroxyl groups excluding tert-OH is 2. The lowest BCUT2D eigenvalue weighted by Gasteiger charge is -2.33. The molecule has 0 aliphatic carbocycles. The number of hydrogen-bond acceptors (Lipinski definition) is 4. The van der Waals surface area contributed by atoms with Crippen LogP contribution in [0.4, 0.5) is 0 Å². The average molecular weight is 213 g/mol. The second kappa shape index (κ2) is 4.79. The van der Waals surface area contributed by atoms with E-state index in [1.807, 2.05) is 31.9 Å². The van der Waals surface area contributed by atoms with Gasteiger partial charge >= 0.3 is 0 Å². The molecular weight excluding hydrogens is 194 g/mol. The van der Waals surface area contributed by atoms with Gasteiger partial charge in [0.05, 0.1) is 13.2 Å². The van der Waals surface area contributed by atoms with E-state index in [-0.39, 0.29) is 18.8 Å². The van der Waals surface area contributed by atoms with Gasteiger partial charge in [-0.1, -0.05) is 0 Å². The Bertz CT molecular complexity index is 307. The van der Waals surface area contributed by atoms with Crippen LogP contribution in [0.2, 0.25) is 0 Å². The van der Waals surface area contributed by atoms with E-state index >= 15 is 0 Å². The summed E-state index contributed by atoms with van der Waals surface area (Å²) in [6.45, 7) is 4.56. The van der Waals surface area contributed by atoms with Gasteiger partial charge in [-0.05, 0) is 33.0 Å². The average Bonchev–Trinajstić information content (AvgIpc) is 2.65. The maximum absolute atomic E-state index is 9.18. The number of rotatable bonds is 5. The normalized spacial score (nSPS) is 12.4. The summed E-state index contributed by atoms with van der Waals surface area (Å²) in [5.41, 5.74) is -0.272. The summed E-state index contributed by atoms with van der Waals surface area (Å²) in [6.07, 6.45) is 0. The second-order valence-electron chi connectivity index (χ2n) is 4.35. The molecule has 0 atom stereocenters. The number of hydrogen-bond donors (Lipinski definition) is 2. The molecule has 0 bridgehead atoms. The summed E-state index contributed by atoms with van der Waals surface area (Å²) in [6, 6.07) is 3.60. The Morgan fingerprint density at radius 1 is 1.27 bits per heavy atom. The number of furan rings is 1. The van der Waals surface area contributed by atoms with Crippen LogP contribution >= 0.6 is 0 Å². The van der Waals surface area contributed by atoms with Gasteiger partial charge in [0.25, 0.3) is 0 Å². The Morgan fingerprint density at radius 3 is 2.33 bits per heavy atom. The highest BCUT2D eigenvalue weighted by Crippen LogP contribution is 2.16. The molecule has 0 amide bonds. The third kappa shape index (κ3) is 3.06. The van der Waals surface area contributed by atoms with Crippen LogP contribution in [0, 0.1) is 0 Å². The van der Waals surface area contributed by atoms with Crippen LogP contribution in [-0.4, -0.2) is 34.3 Å². The lowest BCUT2D eigenvalue weighted by atomic mass is 10.1. The molecule has 1 heterocycles. The van der Waals surface area contributed by atoms with Crippen molar-refractivity contribution in [3.8, 4) is 0 Å². The Balaban J connectivity index is 2.61. The summed E-state index contributed by atoms with van der Waals surface area (Å²) >= 11 is 0. The van der Waals surface area contributed by atoms with E-state index in [0.29, 0.717) is 12.3 Å². The zero-order valence-electron chi connectivity index (χ0n) is 9.53. The van der Waals surface area contributed by atoms with Gasteiger partial charge in [-0.25, -0.2) is 0 Å². The van der Waals surface area contributed by atoms with Gasteiger partial charge in [-0.15, -0.1) is 0 Å². The fourth-order valence-electron chi connectivity index (χ4n) is 1.16. The summed E-state index contributed by atoms with van der Waals surface area (Å²) in [5, 5.41) is 18.0. The molecule has 1 aromatic heterocycles. The van der Waals surface area contributed by atoms with Crippen LogP contribution < -0.4 is 0 Å². The number of likely N-dealkylation sites (N-methyl/N-ethyl adjacent to an activating group) is 1. The minimum Gasteiger partial charge on any atom is -0.462 e. The Hall–Kier alpha value is -0.840. The minimum atomic E-state index is -0.272. The van der Waals surface area contributed by atoms with E-state index < -0.39 is 0 Å². The third-order valence-electron chi connectivity index (χ3n) is 2.69. The van der Waals surface area contributed by atoms with E-state index in [1.54, 1.807) is 6.07 Å². The molecule has 0 saturated heterocycles. The van der Waals surface area contributed by atoms with Gasteiger partial charge in [-0.2, -0.15) is 0 Å². The number of nitrogens with zero attached hydrogens (tertiary/aromatic N) is 1. The topological polar surface area (TPSA) is 56.8 Å². The van der Waals surface area contributed by atoms with E-state index in [2.05, 4.69) is 0 Å². The van der Waals surface area contributed by atoms with Crippen molar-refractivity contribution < 1.29 is 14.6 Å². The summed E-state index contributed by atoms with van der Waals surface area (Å²) in [4.78, 5) is 2.01. The molecule has 1 rings (SSSR count). The first-order chi connectivity index (χ1) is 6.99. The molecule has 0 fully saturated rings. The maximum atomic E-state index is 9.18. The number of aliphatic hydroxyl groups is 2. The quantitative estimate of drug-likeness (QED) is 0.765. The summed E-state index contributed by atoms with van der Waals surface area (Å²) < 4.78 is 5.37. The van der Waals surface area contributed by atoms with Crippen LogP contribution in [0.5, 0.6) is 0 Å². The maximum Gasteiger partial charge on any atom is 0.129 e. The first-order valence-electron chi connectivity index (χ1n) is 5.00. The van der Waals surface area contributed by atoms with Crippen molar-refractivity contribution in [3.63, 3.8) is 0 Å². The Kier molecular flexibility index (Phi) is 3.90. The third-order valence-corrected chi connectivity index (χ3v) is 2.69. The fraction of sp³-hybridized carbons (Fsp3) is 0.636. The van der Waals surface area contributed by atoms with E-state index in [1.165, 1.54) is 0 Å². The molecule has 0 aromatic carbocycles. The molecule has 86 valence electrons. The zero-order valence-corrected chi connectivity index (χ0v) is 9.53. The highest BCUT2D eigenvalue weighted by molar-refractivity contribution is 5.06. The SMILES string of the molecule is CN(Cc1ccc(CO)o1)C(C)(C)CO. The van der Waals surface area contributed by atoms with E-state index in [9.17, 15) is 5.11 Å². The minimum absolute atomic E-state index is 0.0763. The first-order valence-corrected chi connectivity index (χ1v) is 5.00. The first kappa shape index (κ1) is 12.2. The predicted molar refractivity (Wildman–Crippen MR) is 57.3 cm³/mol. The predicted octanol–water partition coefficient (Wildman–Crippen LogP) is 0.975. The smallest absolute Gasteiger partial charge is 0.129 e.